The molecule has 19 heavy (non-hydrogen) atoms. The minimum atomic E-state index is -0.246. The minimum Gasteiger partial charge on any atom is -0.354 e. The van der Waals surface area contributed by atoms with Gasteiger partial charge in [0.05, 0.1) is 16.0 Å². The van der Waals surface area contributed by atoms with Crippen LogP contribution in [-0.4, -0.2) is 25.5 Å². The van der Waals surface area contributed by atoms with Crippen LogP contribution in [0.5, 0.6) is 0 Å². The fourth-order valence-electron chi connectivity index (χ4n) is 1.44. The highest BCUT2D eigenvalue weighted by Crippen LogP contribution is 2.26. The molecule has 0 saturated carbocycles. The molecule has 0 aliphatic rings. The molecule has 108 valence electrons. The zero-order valence-electron chi connectivity index (χ0n) is 11.2. The normalized spacial score (nSPS) is 13.3. The number of halogens is 3. The molecule has 6 heteroatoms. The zero-order valence-corrected chi connectivity index (χ0v) is 13.5. The van der Waals surface area contributed by atoms with Crippen LogP contribution in [-0.2, 0) is 4.79 Å². The monoisotopic (exact) mass is 324 g/mol. The maximum absolute atomic E-state index is 11.9. The van der Waals surface area contributed by atoms with Gasteiger partial charge < -0.3 is 10.6 Å². The van der Waals surface area contributed by atoms with Gasteiger partial charge in [0.2, 0.25) is 5.91 Å². The van der Waals surface area contributed by atoms with E-state index < -0.39 is 0 Å². The summed E-state index contributed by atoms with van der Waals surface area (Å²) in [5.74, 6) is -0.265. The van der Waals surface area contributed by atoms with Gasteiger partial charge in [0.25, 0.3) is 0 Å². The fourth-order valence-corrected chi connectivity index (χ4v) is 1.75. The second-order valence-corrected chi connectivity index (χ2v) is 5.14. The van der Waals surface area contributed by atoms with Gasteiger partial charge in [-0.2, -0.15) is 0 Å². The molecule has 2 atom stereocenters. The number of amides is 1. The van der Waals surface area contributed by atoms with Gasteiger partial charge in [-0.05, 0) is 38.6 Å². The Labute approximate surface area is 130 Å². The summed E-state index contributed by atoms with van der Waals surface area (Å²) in [4.78, 5) is 11.9. The Morgan fingerprint density at radius 2 is 1.89 bits per heavy atom. The molecule has 0 spiro atoms. The van der Waals surface area contributed by atoms with E-state index in [1.807, 2.05) is 27.0 Å². The summed E-state index contributed by atoms with van der Waals surface area (Å²) in [6.45, 7) is 4.45. The van der Waals surface area contributed by atoms with Crippen molar-refractivity contribution in [3.63, 3.8) is 0 Å². The number of nitrogens with one attached hydrogen (secondary N) is 2. The minimum absolute atomic E-state index is 0. The van der Waals surface area contributed by atoms with Gasteiger partial charge in [-0.15, -0.1) is 12.4 Å². The van der Waals surface area contributed by atoms with Crippen LogP contribution in [0.3, 0.4) is 0 Å². The molecule has 0 aromatic heterocycles. The van der Waals surface area contributed by atoms with E-state index in [0.717, 1.165) is 5.56 Å². The lowest BCUT2D eigenvalue weighted by molar-refractivity contribution is -0.122. The van der Waals surface area contributed by atoms with E-state index >= 15 is 0 Å². The molecule has 3 nitrogen and oxygen atoms in total. The topological polar surface area (TPSA) is 41.1 Å². The average molecular weight is 326 g/mol. The van der Waals surface area contributed by atoms with E-state index in [1.54, 1.807) is 12.1 Å². The maximum Gasteiger partial charge on any atom is 0.227 e. The van der Waals surface area contributed by atoms with Crippen molar-refractivity contribution in [3.8, 4) is 0 Å². The first-order chi connectivity index (χ1) is 8.45. The quantitative estimate of drug-likeness (QED) is 0.872. The van der Waals surface area contributed by atoms with Gasteiger partial charge in [-0.3, -0.25) is 4.79 Å². The highest BCUT2D eigenvalue weighted by atomic mass is 35.5. The van der Waals surface area contributed by atoms with Crippen LogP contribution in [0.25, 0.3) is 0 Å². The van der Waals surface area contributed by atoms with Crippen LogP contribution < -0.4 is 10.6 Å². The van der Waals surface area contributed by atoms with E-state index in [-0.39, 0.29) is 30.3 Å². The number of carbonyl (C=O) groups excluding carboxylic acids is 1. The van der Waals surface area contributed by atoms with Gasteiger partial charge >= 0.3 is 0 Å². The average Bonchev–Trinajstić information content (AvgIpc) is 2.37. The Hall–Kier alpha value is -0.480. The summed E-state index contributed by atoms with van der Waals surface area (Å²) in [5, 5.41) is 6.92. The van der Waals surface area contributed by atoms with Crippen molar-refractivity contribution in [2.45, 2.75) is 25.8 Å². The summed E-state index contributed by atoms with van der Waals surface area (Å²) in [6, 6.07) is 5.50. The molecule has 0 radical (unpaired) electrons. The first kappa shape index (κ1) is 18.5. The van der Waals surface area contributed by atoms with Gasteiger partial charge in [0.15, 0.2) is 0 Å². The van der Waals surface area contributed by atoms with Crippen LogP contribution in [0.15, 0.2) is 18.2 Å². The number of carbonyl (C=O) groups is 1. The lowest BCUT2D eigenvalue weighted by Crippen LogP contribution is -2.38. The predicted octanol–water partition coefficient (Wildman–Crippen LogP) is 3.24. The molecular formula is C13H19Cl3N2O. The van der Waals surface area contributed by atoms with Crippen molar-refractivity contribution >= 4 is 41.5 Å². The molecule has 0 saturated heterocycles. The molecule has 1 rings (SSSR count). The number of hydrogen-bond acceptors (Lipinski definition) is 2. The molecule has 1 aromatic carbocycles. The lowest BCUT2D eigenvalue weighted by Gasteiger charge is -2.16. The maximum atomic E-state index is 11.9. The third kappa shape index (κ3) is 5.57. The van der Waals surface area contributed by atoms with Crippen molar-refractivity contribution in [2.75, 3.05) is 13.6 Å². The Bertz CT molecular complexity index is 426. The summed E-state index contributed by atoms with van der Waals surface area (Å²) in [7, 11) is 1.86. The number of benzene rings is 1. The molecule has 1 aromatic rings. The van der Waals surface area contributed by atoms with Crippen molar-refractivity contribution in [1.29, 1.82) is 0 Å². The zero-order chi connectivity index (χ0) is 13.7. The second kappa shape index (κ2) is 8.64. The smallest absolute Gasteiger partial charge is 0.227 e. The Morgan fingerprint density at radius 3 is 2.42 bits per heavy atom. The third-order valence-electron chi connectivity index (χ3n) is 2.91. The lowest BCUT2D eigenvalue weighted by atomic mass is 10.0. The highest BCUT2D eigenvalue weighted by Gasteiger charge is 2.16. The fraction of sp³-hybridized carbons (Fsp3) is 0.462. The van der Waals surface area contributed by atoms with Crippen molar-refractivity contribution in [3.05, 3.63) is 33.8 Å². The number of rotatable bonds is 5. The molecule has 2 N–H and O–H groups in total. The summed E-state index contributed by atoms with van der Waals surface area (Å²) in [5.41, 5.74) is 0.860. The number of hydrogen-bond donors (Lipinski definition) is 2. The third-order valence-corrected chi connectivity index (χ3v) is 3.65. The van der Waals surface area contributed by atoms with Crippen molar-refractivity contribution in [2.24, 2.45) is 0 Å². The second-order valence-electron chi connectivity index (χ2n) is 4.33. The molecular weight excluding hydrogens is 307 g/mol. The van der Waals surface area contributed by atoms with Gasteiger partial charge in [-0.1, -0.05) is 29.3 Å². The molecule has 1 amide bonds. The largest absolute Gasteiger partial charge is 0.354 e. The summed E-state index contributed by atoms with van der Waals surface area (Å²) < 4.78 is 0. The van der Waals surface area contributed by atoms with Crippen molar-refractivity contribution < 1.29 is 4.79 Å². The van der Waals surface area contributed by atoms with E-state index in [1.165, 1.54) is 0 Å². The van der Waals surface area contributed by atoms with E-state index in [4.69, 9.17) is 23.2 Å². The first-order valence-corrected chi connectivity index (χ1v) is 6.61. The Balaban J connectivity index is 0.00000324. The molecule has 0 bridgehead atoms. The molecule has 2 unspecified atom stereocenters. The van der Waals surface area contributed by atoms with Crippen LogP contribution in [0.2, 0.25) is 10.0 Å². The standard InChI is InChI=1S/C13H18Cl2N2O.ClH/c1-8(16-3)7-17-13(18)9(2)10-4-5-11(14)12(15)6-10;/h4-6,8-9,16H,7H2,1-3H3,(H,17,18);1H. The van der Waals surface area contributed by atoms with Gasteiger partial charge in [0, 0.05) is 12.6 Å². The Morgan fingerprint density at radius 1 is 1.26 bits per heavy atom. The van der Waals surface area contributed by atoms with E-state index in [2.05, 4.69) is 10.6 Å². The van der Waals surface area contributed by atoms with Gasteiger partial charge in [-0.25, -0.2) is 0 Å². The van der Waals surface area contributed by atoms with Crippen LogP contribution in [0.1, 0.15) is 25.3 Å². The highest BCUT2D eigenvalue weighted by molar-refractivity contribution is 6.42. The van der Waals surface area contributed by atoms with Crippen molar-refractivity contribution in [1.82, 2.24) is 10.6 Å². The van der Waals surface area contributed by atoms with E-state index in [9.17, 15) is 4.79 Å². The molecule has 0 aliphatic heterocycles. The molecule has 0 aliphatic carbocycles. The summed E-state index contributed by atoms with van der Waals surface area (Å²) >= 11 is 11.8. The van der Waals surface area contributed by atoms with E-state index in [0.29, 0.717) is 16.6 Å². The predicted molar refractivity (Wildman–Crippen MR) is 83.7 cm³/mol. The van der Waals surface area contributed by atoms with Crippen LogP contribution >= 0.6 is 35.6 Å². The molecule has 0 heterocycles. The SMILES string of the molecule is CNC(C)CNC(=O)C(C)c1ccc(Cl)c(Cl)c1.Cl. The molecule has 0 fully saturated rings. The first-order valence-electron chi connectivity index (χ1n) is 5.85. The van der Waals surface area contributed by atoms with Crippen LogP contribution in [0, 0.1) is 0 Å². The summed E-state index contributed by atoms with van der Waals surface area (Å²) in [6.07, 6.45) is 0. The van der Waals surface area contributed by atoms with Gasteiger partial charge in [0.1, 0.15) is 0 Å². The van der Waals surface area contributed by atoms with Crippen LogP contribution in [0.4, 0.5) is 0 Å². The number of likely N-dealkylation sites (N-methyl/N-ethyl adjacent to an activating group) is 1. The Kier molecular flexibility index (Phi) is 8.42.